The second-order valence-corrected chi connectivity index (χ2v) is 5.43. The van der Waals surface area contributed by atoms with Crippen LogP contribution in [-0.2, 0) is 0 Å². The second-order valence-electron chi connectivity index (χ2n) is 5.43. The Hall–Kier alpha value is -2.11. The van der Waals surface area contributed by atoms with E-state index in [4.69, 9.17) is 10.4 Å². The van der Waals surface area contributed by atoms with Crippen molar-refractivity contribution in [1.29, 1.82) is 5.26 Å². The molecule has 0 saturated heterocycles. The average molecular weight is 263 g/mol. The van der Waals surface area contributed by atoms with E-state index in [0.29, 0.717) is 24.0 Å². The molecule has 0 amide bonds. The number of benzene rings is 2. The topological polar surface area (TPSA) is 44.0 Å². The maximum absolute atomic E-state index is 8.95. The average Bonchev–Trinajstić information content (AvgIpc) is 3.27. The summed E-state index contributed by atoms with van der Waals surface area (Å²) in [4.78, 5) is 0. The second kappa shape index (κ2) is 5.48. The monoisotopic (exact) mass is 263 g/mol. The van der Waals surface area contributed by atoms with Crippen LogP contribution in [0.2, 0.25) is 0 Å². The molecule has 1 N–H and O–H groups in total. The summed E-state index contributed by atoms with van der Waals surface area (Å²) in [6, 6.07) is 18.5. The van der Waals surface area contributed by atoms with Gasteiger partial charge in [0.1, 0.15) is 0 Å². The van der Waals surface area contributed by atoms with Gasteiger partial charge in [0.05, 0.1) is 11.6 Å². The van der Waals surface area contributed by atoms with E-state index in [9.17, 15) is 0 Å². The third-order valence-electron chi connectivity index (χ3n) is 4.11. The highest BCUT2D eigenvalue weighted by atomic mass is 16.3. The molecule has 20 heavy (non-hydrogen) atoms. The fourth-order valence-corrected chi connectivity index (χ4v) is 2.80. The lowest BCUT2D eigenvalue weighted by molar-refractivity contribution is 0.279. The van der Waals surface area contributed by atoms with Gasteiger partial charge in [0.2, 0.25) is 0 Å². The van der Waals surface area contributed by atoms with Crippen LogP contribution in [0, 0.1) is 17.2 Å². The van der Waals surface area contributed by atoms with Crippen molar-refractivity contribution < 1.29 is 5.11 Å². The van der Waals surface area contributed by atoms with E-state index in [0.717, 1.165) is 12.0 Å². The molecule has 2 nitrogen and oxygen atoms in total. The minimum absolute atomic E-state index is 0.296. The molecule has 2 atom stereocenters. The first-order chi connectivity index (χ1) is 9.81. The third kappa shape index (κ3) is 2.59. The van der Waals surface area contributed by atoms with Gasteiger partial charge in [0.25, 0.3) is 0 Å². The van der Waals surface area contributed by atoms with Crippen molar-refractivity contribution in [3.8, 4) is 17.2 Å². The predicted octanol–water partition coefficient (Wildman–Crippen LogP) is 3.71. The molecule has 0 radical (unpaired) electrons. The Kier molecular flexibility index (Phi) is 3.54. The number of hydrogen-bond acceptors (Lipinski definition) is 2. The Labute approximate surface area is 119 Å². The summed E-state index contributed by atoms with van der Waals surface area (Å²) < 4.78 is 0. The molecule has 100 valence electrons. The number of rotatable bonds is 4. The minimum atomic E-state index is 0.296. The van der Waals surface area contributed by atoms with Gasteiger partial charge in [-0.1, -0.05) is 36.4 Å². The number of hydrogen-bond donors (Lipinski definition) is 1. The molecule has 1 saturated carbocycles. The van der Waals surface area contributed by atoms with Crippen LogP contribution in [0.25, 0.3) is 11.1 Å². The smallest absolute Gasteiger partial charge is 0.0991 e. The van der Waals surface area contributed by atoms with Crippen LogP contribution in [0.15, 0.2) is 48.5 Å². The van der Waals surface area contributed by atoms with Gasteiger partial charge >= 0.3 is 0 Å². The van der Waals surface area contributed by atoms with E-state index in [-0.39, 0.29) is 0 Å². The molecular formula is C18H17NO. The lowest BCUT2D eigenvalue weighted by Gasteiger charge is -2.04. The summed E-state index contributed by atoms with van der Waals surface area (Å²) in [5.41, 5.74) is 4.38. The first-order valence-corrected chi connectivity index (χ1v) is 7.03. The van der Waals surface area contributed by atoms with Crippen molar-refractivity contribution in [2.24, 2.45) is 5.92 Å². The normalized spacial score (nSPS) is 20.4. The number of aliphatic hydroxyl groups is 1. The first kappa shape index (κ1) is 12.9. The SMILES string of the molecule is N#Cc1ccc(-c2ccc([C@H]3C[C@@H]3CCO)cc2)cc1. The van der Waals surface area contributed by atoms with Crippen molar-refractivity contribution in [1.82, 2.24) is 0 Å². The Balaban J connectivity index is 1.74. The molecule has 0 bridgehead atoms. The van der Waals surface area contributed by atoms with Crippen molar-refractivity contribution in [2.75, 3.05) is 6.61 Å². The molecule has 2 aromatic rings. The summed E-state index contributed by atoms with van der Waals surface area (Å²) in [6.45, 7) is 0.296. The third-order valence-corrected chi connectivity index (χ3v) is 4.11. The lowest BCUT2D eigenvalue weighted by atomic mass is 10.0. The van der Waals surface area contributed by atoms with Crippen LogP contribution in [0.3, 0.4) is 0 Å². The zero-order chi connectivity index (χ0) is 13.9. The van der Waals surface area contributed by atoms with Crippen molar-refractivity contribution in [3.05, 3.63) is 59.7 Å². The van der Waals surface area contributed by atoms with Gasteiger partial charge in [-0.25, -0.2) is 0 Å². The maximum Gasteiger partial charge on any atom is 0.0991 e. The number of aliphatic hydroxyl groups excluding tert-OH is 1. The fraction of sp³-hybridized carbons (Fsp3) is 0.278. The highest BCUT2D eigenvalue weighted by Crippen LogP contribution is 2.49. The van der Waals surface area contributed by atoms with Gasteiger partial charge in [-0.15, -0.1) is 0 Å². The van der Waals surface area contributed by atoms with Crippen LogP contribution in [-0.4, -0.2) is 11.7 Å². The zero-order valence-corrected chi connectivity index (χ0v) is 11.3. The Bertz CT molecular complexity index is 622. The minimum Gasteiger partial charge on any atom is -0.396 e. The Morgan fingerprint density at radius 1 is 1.00 bits per heavy atom. The van der Waals surface area contributed by atoms with Crippen molar-refractivity contribution in [3.63, 3.8) is 0 Å². The quantitative estimate of drug-likeness (QED) is 0.913. The van der Waals surface area contributed by atoms with Gasteiger partial charge < -0.3 is 5.11 Å². The Morgan fingerprint density at radius 2 is 1.60 bits per heavy atom. The number of nitriles is 1. The number of nitrogens with zero attached hydrogens (tertiary/aromatic N) is 1. The first-order valence-electron chi connectivity index (χ1n) is 7.03. The highest BCUT2D eigenvalue weighted by Gasteiger charge is 2.37. The molecule has 2 aromatic carbocycles. The van der Waals surface area contributed by atoms with Crippen LogP contribution in [0.1, 0.15) is 29.9 Å². The van der Waals surface area contributed by atoms with Gasteiger partial charge in [-0.3, -0.25) is 0 Å². The highest BCUT2D eigenvalue weighted by molar-refractivity contribution is 5.64. The van der Waals surface area contributed by atoms with E-state index >= 15 is 0 Å². The van der Waals surface area contributed by atoms with E-state index < -0.39 is 0 Å². The molecular weight excluding hydrogens is 246 g/mol. The molecule has 0 aliphatic heterocycles. The summed E-state index contributed by atoms with van der Waals surface area (Å²) in [5.74, 6) is 1.30. The zero-order valence-electron chi connectivity index (χ0n) is 11.3. The van der Waals surface area contributed by atoms with Gasteiger partial charge in [0, 0.05) is 6.61 Å². The van der Waals surface area contributed by atoms with Crippen LogP contribution in [0.4, 0.5) is 0 Å². The standard InChI is InChI=1S/C18H17NO/c19-12-13-1-3-14(4-2-13)15-5-7-16(8-6-15)18-11-17(18)9-10-20/h1-8,17-18,20H,9-11H2/t17-,18+/m0/s1. The molecule has 0 heterocycles. The van der Waals surface area contributed by atoms with E-state index in [2.05, 4.69) is 30.3 Å². The van der Waals surface area contributed by atoms with E-state index in [1.807, 2.05) is 24.3 Å². The molecule has 0 spiro atoms. The Morgan fingerprint density at radius 3 is 2.15 bits per heavy atom. The lowest BCUT2D eigenvalue weighted by Crippen LogP contribution is -1.88. The van der Waals surface area contributed by atoms with Gasteiger partial charge in [-0.2, -0.15) is 5.26 Å². The molecule has 1 aliphatic carbocycles. The summed E-state index contributed by atoms with van der Waals surface area (Å²) in [7, 11) is 0. The molecule has 0 aromatic heterocycles. The fourth-order valence-electron chi connectivity index (χ4n) is 2.80. The largest absolute Gasteiger partial charge is 0.396 e. The van der Waals surface area contributed by atoms with E-state index in [1.54, 1.807) is 0 Å². The predicted molar refractivity (Wildman–Crippen MR) is 79.1 cm³/mol. The molecule has 0 unspecified atom stereocenters. The van der Waals surface area contributed by atoms with Crippen LogP contribution in [0.5, 0.6) is 0 Å². The van der Waals surface area contributed by atoms with Gasteiger partial charge in [0.15, 0.2) is 0 Å². The summed E-state index contributed by atoms with van der Waals surface area (Å²) in [6.07, 6.45) is 2.12. The summed E-state index contributed by atoms with van der Waals surface area (Å²) >= 11 is 0. The van der Waals surface area contributed by atoms with Crippen LogP contribution < -0.4 is 0 Å². The molecule has 1 fully saturated rings. The van der Waals surface area contributed by atoms with Crippen LogP contribution >= 0.6 is 0 Å². The van der Waals surface area contributed by atoms with Crippen molar-refractivity contribution in [2.45, 2.75) is 18.8 Å². The maximum atomic E-state index is 8.95. The van der Waals surface area contributed by atoms with E-state index in [1.165, 1.54) is 17.5 Å². The molecule has 1 aliphatic rings. The van der Waals surface area contributed by atoms with Gasteiger partial charge in [-0.05, 0) is 53.5 Å². The van der Waals surface area contributed by atoms with Crippen molar-refractivity contribution >= 4 is 0 Å². The molecule has 2 heteroatoms. The molecule has 3 rings (SSSR count). The summed E-state index contributed by atoms with van der Waals surface area (Å²) in [5, 5.41) is 17.8.